The topological polar surface area (TPSA) is 24.9 Å². The van der Waals surface area contributed by atoms with Crippen LogP contribution in [-0.2, 0) is 18.4 Å². The predicted molar refractivity (Wildman–Crippen MR) is 90.9 cm³/mol. The zero-order valence-electron chi connectivity index (χ0n) is 14.1. The molecule has 2 atom stereocenters. The highest BCUT2D eigenvalue weighted by Crippen LogP contribution is 2.50. The average Bonchev–Trinajstić information content (AvgIpc) is 2.98. The second-order valence-corrected chi connectivity index (χ2v) is 8.99. The van der Waals surface area contributed by atoms with Crippen LogP contribution in [0.1, 0.15) is 75.4 Å². The first kappa shape index (κ1) is 15.5. The van der Waals surface area contributed by atoms with E-state index < -0.39 is 0 Å². The SMILES string of the molecule is CCCNC1(c2nc3c(s2)CCC3)CCC(C)(C)CC1C. The van der Waals surface area contributed by atoms with Crippen LogP contribution in [0.2, 0.25) is 0 Å². The molecule has 21 heavy (non-hydrogen) atoms. The Morgan fingerprint density at radius 3 is 2.76 bits per heavy atom. The zero-order valence-corrected chi connectivity index (χ0v) is 14.9. The Morgan fingerprint density at radius 1 is 1.29 bits per heavy atom. The molecule has 0 spiro atoms. The van der Waals surface area contributed by atoms with Gasteiger partial charge in [0.2, 0.25) is 0 Å². The van der Waals surface area contributed by atoms with Crippen LogP contribution in [0.5, 0.6) is 0 Å². The summed E-state index contributed by atoms with van der Waals surface area (Å²) in [6, 6.07) is 0. The first-order valence-corrected chi connectivity index (χ1v) is 9.52. The minimum atomic E-state index is 0.139. The average molecular weight is 307 g/mol. The van der Waals surface area contributed by atoms with E-state index in [0.29, 0.717) is 11.3 Å². The number of aryl methyl sites for hydroxylation is 2. The molecule has 0 radical (unpaired) electrons. The Bertz CT molecular complexity index is 484. The van der Waals surface area contributed by atoms with Crippen LogP contribution in [0.25, 0.3) is 0 Å². The Hall–Kier alpha value is -0.410. The molecule has 1 heterocycles. The third kappa shape index (κ3) is 2.79. The molecule has 118 valence electrons. The van der Waals surface area contributed by atoms with Gasteiger partial charge in [-0.25, -0.2) is 4.98 Å². The van der Waals surface area contributed by atoms with E-state index in [0.717, 1.165) is 6.54 Å². The molecule has 1 saturated carbocycles. The number of rotatable bonds is 4. The van der Waals surface area contributed by atoms with Crippen molar-refractivity contribution < 1.29 is 0 Å². The lowest BCUT2D eigenvalue weighted by atomic mass is 9.64. The van der Waals surface area contributed by atoms with Crippen LogP contribution in [0.3, 0.4) is 0 Å². The lowest BCUT2D eigenvalue weighted by Crippen LogP contribution is -2.52. The summed E-state index contributed by atoms with van der Waals surface area (Å²) in [5.41, 5.74) is 2.03. The van der Waals surface area contributed by atoms with E-state index >= 15 is 0 Å². The molecule has 1 aromatic rings. The third-order valence-corrected chi connectivity index (χ3v) is 6.90. The number of aromatic nitrogens is 1. The monoisotopic (exact) mass is 306 g/mol. The van der Waals surface area contributed by atoms with E-state index in [1.165, 1.54) is 55.6 Å². The van der Waals surface area contributed by atoms with Gasteiger partial charge in [-0.3, -0.25) is 0 Å². The fourth-order valence-corrected chi connectivity index (χ4v) is 5.73. The fraction of sp³-hybridized carbons (Fsp3) is 0.833. The summed E-state index contributed by atoms with van der Waals surface area (Å²) >= 11 is 2.01. The van der Waals surface area contributed by atoms with Crippen LogP contribution >= 0.6 is 11.3 Å². The minimum absolute atomic E-state index is 0.139. The van der Waals surface area contributed by atoms with Crippen molar-refractivity contribution in [3.63, 3.8) is 0 Å². The van der Waals surface area contributed by atoms with Crippen molar-refractivity contribution in [2.45, 2.75) is 78.2 Å². The Kier molecular flexibility index (Phi) is 4.17. The molecule has 3 heteroatoms. The van der Waals surface area contributed by atoms with Crippen molar-refractivity contribution in [2.75, 3.05) is 6.54 Å². The number of nitrogens with zero attached hydrogens (tertiary/aromatic N) is 1. The van der Waals surface area contributed by atoms with Gasteiger partial charge in [0.1, 0.15) is 5.01 Å². The molecule has 0 bridgehead atoms. The number of nitrogens with one attached hydrogen (secondary N) is 1. The van der Waals surface area contributed by atoms with Gasteiger partial charge in [-0.15, -0.1) is 11.3 Å². The summed E-state index contributed by atoms with van der Waals surface area (Å²) < 4.78 is 0. The van der Waals surface area contributed by atoms with Crippen molar-refractivity contribution in [3.05, 3.63) is 15.6 Å². The fourth-order valence-electron chi connectivity index (χ4n) is 4.27. The maximum atomic E-state index is 5.09. The van der Waals surface area contributed by atoms with Crippen molar-refractivity contribution in [1.82, 2.24) is 10.3 Å². The molecule has 3 rings (SSSR count). The Morgan fingerprint density at radius 2 is 2.10 bits per heavy atom. The van der Waals surface area contributed by atoms with Crippen LogP contribution in [0.4, 0.5) is 0 Å². The van der Waals surface area contributed by atoms with E-state index in [9.17, 15) is 0 Å². The molecule has 0 amide bonds. The largest absolute Gasteiger partial charge is 0.305 e. The molecule has 0 aliphatic heterocycles. The van der Waals surface area contributed by atoms with E-state index in [2.05, 4.69) is 33.0 Å². The summed E-state index contributed by atoms with van der Waals surface area (Å²) in [6.45, 7) is 10.7. The normalized spacial score (nSPS) is 31.3. The summed E-state index contributed by atoms with van der Waals surface area (Å²) in [5.74, 6) is 0.666. The molecule has 0 saturated heterocycles. The molecule has 1 fully saturated rings. The second kappa shape index (κ2) is 5.66. The Labute approximate surface area is 133 Å². The van der Waals surface area contributed by atoms with Gasteiger partial charge in [0.15, 0.2) is 0 Å². The van der Waals surface area contributed by atoms with Crippen molar-refractivity contribution in [2.24, 2.45) is 11.3 Å². The smallest absolute Gasteiger partial charge is 0.114 e. The molecule has 1 aromatic heterocycles. The molecule has 2 nitrogen and oxygen atoms in total. The second-order valence-electron chi connectivity index (χ2n) is 7.91. The lowest BCUT2D eigenvalue weighted by Gasteiger charge is -2.48. The van der Waals surface area contributed by atoms with Gasteiger partial charge >= 0.3 is 0 Å². The van der Waals surface area contributed by atoms with E-state index in [1.54, 1.807) is 4.88 Å². The minimum Gasteiger partial charge on any atom is -0.305 e. The maximum Gasteiger partial charge on any atom is 0.114 e. The van der Waals surface area contributed by atoms with Gasteiger partial charge in [-0.1, -0.05) is 27.7 Å². The molecular weight excluding hydrogens is 276 g/mol. The number of hydrogen-bond acceptors (Lipinski definition) is 3. The third-order valence-electron chi connectivity index (χ3n) is 5.56. The molecule has 1 N–H and O–H groups in total. The summed E-state index contributed by atoms with van der Waals surface area (Å²) in [7, 11) is 0. The standard InChI is InChI=1S/C18H30N2S/c1-5-11-19-18(10-9-17(3,4)12-13(18)2)16-20-14-7-6-8-15(14)21-16/h13,19H,5-12H2,1-4H3. The Balaban J connectivity index is 1.92. The van der Waals surface area contributed by atoms with Crippen molar-refractivity contribution >= 4 is 11.3 Å². The zero-order chi connectivity index (χ0) is 15.1. The summed E-state index contributed by atoms with van der Waals surface area (Å²) in [5, 5.41) is 5.32. The van der Waals surface area contributed by atoms with Crippen molar-refractivity contribution in [3.8, 4) is 0 Å². The van der Waals surface area contributed by atoms with Gasteiger partial charge in [-0.05, 0) is 62.8 Å². The maximum absolute atomic E-state index is 5.09. The van der Waals surface area contributed by atoms with E-state index in [-0.39, 0.29) is 5.54 Å². The molecule has 2 aliphatic rings. The highest BCUT2D eigenvalue weighted by molar-refractivity contribution is 7.12. The van der Waals surface area contributed by atoms with Gasteiger partial charge in [-0.2, -0.15) is 0 Å². The molecular formula is C18H30N2S. The van der Waals surface area contributed by atoms with Crippen LogP contribution < -0.4 is 5.32 Å². The van der Waals surface area contributed by atoms with Gasteiger partial charge < -0.3 is 5.32 Å². The van der Waals surface area contributed by atoms with Gasteiger partial charge in [0, 0.05) is 4.88 Å². The number of thiazole rings is 1. The highest BCUT2D eigenvalue weighted by Gasteiger charge is 2.46. The van der Waals surface area contributed by atoms with Crippen molar-refractivity contribution in [1.29, 1.82) is 0 Å². The van der Waals surface area contributed by atoms with Crippen LogP contribution in [-0.4, -0.2) is 11.5 Å². The first-order valence-electron chi connectivity index (χ1n) is 8.71. The predicted octanol–water partition coefficient (Wildman–Crippen LogP) is 4.67. The molecule has 2 unspecified atom stereocenters. The van der Waals surface area contributed by atoms with Gasteiger partial charge in [0.05, 0.1) is 11.2 Å². The quantitative estimate of drug-likeness (QED) is 0.874. The highest BCUT2D eigenvalue weighted by atomic mass is 32.1. The molecule has 0 aromatic carbocycles. The number of hydrogen-bond donors (Lipinski definition) is 1. The molecule has 2 aliphatic carbocycles. The van der Waals surface area contributed by atoms with Crippen LogP contribution in [0.15, 0.2) is 0 Å². The summed E-state index contributed by atoms with van der Waals surface area (Å²) in [6.07, 6.45) is 8.82. The van der Waals surface area contributed by atoms with E-state index in [4.69, 9.17) is 4.98 Å². The lowest BCUT2D eigenvalue weighted by molar-refractivity contribution is 0.0715. The number of fused-ring (bicyclic) bond motifs is 1. The van der Waals surface area contributed by atoms with Gasteiger partial charge in [0.25, 0.3) is 0 Å². The van der Waals surface area contributed by atoms with E-state index in [1.807, 2.05) is 11.3 Å². The summed E-state index contributed by atoms with van der Waals surface area (Å²) in [4.78, 5) is 6.66. The van der Waals surface area contributed by atoms with Crippen LogP contribution in [0, 0.1) is 11.3 Å². The first-order chi connectivity index (χ1) is 9.97.